The molecule has 3 rings (SSSR count). The lowest BCUT2D eigenvalue weighted by molar-refractivity contribution is -0.274. The second-order valence-corrected chi connectivity index (χ2v) is 8.37. The normalized spacial score (nSPS) is 12.3. The zero-order valence-electron chi connectivity index (χ0n) is 13.5. The van der Waals surface area contributed by atoms with Crippen molar-refractivity contribution in [3.8, 4) is 16.2 Å². The van der Waals surface area contributed by atoms with Gasteiger partial charge in [0.05, 0.1) is 0 Å². The van der Waals surface area contributed by atoms with Crippen molar-refractivity contribution in [3.63, 3.8) is 0 Å². The number of benzene rings is 1. The van der Waals surface area contributed by atoms with Gasteiger partial charge in [-0.15, -0.1) is 34.7 Å². The second-order valence-electron chi connectivity index (χ2n) is 5.29. The number of nitrogens with zero attached hydrogens (tertiary/aromatic N) is 3. The Kier molecular flexibility index (Phi) is 5.48. The van der Waals surface area contributed by atoms with Gasteiger partial charge in [0.1, 0.15) is 22.6 Å². The Morgan fingerprint density at radius 1 is 1.15 bits per heavy atom. The Morgan fingerprint density at radius 2 is 1.89 bits per heavy atom. The third-order valence-electron chi connectivity index (χ3n) is 3.33. The van der Waals surface area contributed by atoms with Crippen molar-refractivity contribution in [2.75, 3.05) is 6.54 Å². The third kappa shape index (κ3) is 5.28. The van der Waals surface area contributed by atoms with E-state index in [-0.39, 0.29) is 16.5 Å². The highest BCUT2D eigenvalue weighted by Gasteiger charge is 2.31. The largest absolute Gasteiger partial charge is 0.573 e. The van der Waals surface area contributed by atoms with E-state index in [4.69, 9.17) is 0 Å². The first-order valence-corrected chi connectivity index (χ1v) is 9.81. The van der Waals surface area contributed by atoms with Crippen molar-refractivity contribution >= 4 is 21.4 Å². The van der Waals surface area contributed by atoms with Gasteiger partial charge in [-0.2, -0.15) is 0 Å². The summed E-state index contributed by atoms with van der Waals surface area (Å²) in [6.07, 6.45) is -1.86. The molecule has 0 spiro atoms. The van der Waals surface area contributed by atoms with Gasteiger partial charge < -0.3 is 9.30 Å². The Labute approximate surface area is 156 Å². The highest BCUT2D eigenvalue weighted by Crippen LogP contribution is 2.33. The van der Waals surface area contributed by atoms with Crippen LogP contribution in [0, 0.1) is 0 Å². The van der Waals surface area contributed by atoms with Gasteiger partial charge in [-0.25, -0.2) is 13.1 Å². The number of sulfonamides is 1. The zero-order valence-corrected chi connectivity index (χ0v) is 15.2. The molecule has 0 aliphatic carbocycles. The van der Waals surface area contributed by atoms with Crippen LogP contribution in [0.2, 0.25) is 0 Å². The van der Waals surface area contributed by atoms with Crippen LogP contribution in [0.4, 0.5) is 13.2 Å². The average Bonchev–Trinajstić information content (AvgIpc) is 3.25. The van der Waals surface area contributed by atoms with E-state index >= 15 is 0 Å². The highest BCUT2D eigenvalue weighted by atomic mass is 32.2. The number of hydrogen-bond donors (Lipinski definition) is 1. The Balaban J connectivity index is 1.71. The molecule has 3 aromatic rings. The molecule has 7 nitrogen and oxygen atoms in total. The van der Waals surface area contributed by atoms with Gasteiger partial charge in [0.15, 0.2) is 0 Å². The summed E-state index contributed by atoms with van der Waals surface area (Å²) < 4.78 is 69.7. The van der Waals surface area contributed by atoms with Gasteiger partial charge >= 0.3 is 6.36 Å². The van der Waals surface area contributed by atoms with Gasteiger partial charge in [0, 0.05) is 18.0 Å². The van der Waals surface area contributed by atoms with Crippen LogP contribution in [0.5, 0.6) is 5.75 Å². The fourth-order valence-electron chi connectivity index (χ4n) is 2.18. The van der Waals surface area contributed by atoms with Crippen LogP contribution in [0.3, 0.4) is 0 Å². The lowest BCUT2D eigenvalue weighted by Crippen LogP contribution is -2.26. The Hall–Kier alpha value is -2.44. The topological polar surface area (TPSA) is 86.1 Å². The van der Waals surface area contributed by atoms with E-state index in [0.717, 1.165) is 11.3 Å². The van der Waals surface area contributed by atoms with Crippen molar-refractivity contribution in [1.82, 2.24) is 19.5 Å². The van der Waals surface area contributed by atoms with Crippen LogP contribution in [0.1, 0.15) is 0 Å². The smallest absolute Gasteiger partial charge is 0.406 e. The molecule has 0 radical (unpaired) electrons. The first-order valence-electron chi connectivity index (χ1n) is 7.51. The lowest BCUT2D eigenvalue weighted by atomic mass is 10.2. The number of rotatable bonds is 7. The van der Waals surface area contributed by atoms with Crippen LogP contribution < -0.4 is 9.46 Å². The molecule has 0 atom stereocenters. The van der Waals surface area contributed by atoms with Crippen molar-refractivity contribution in [3.05, 3.63) is 49.1 Å². The number of halogens is 3. The molecule has 0 fully saturated rings. The minimum Gasteiger partial charge on any atom is -0.406 e. The molecule has 2 aromatic heterocycles. The number of alkyl halides is 3. The van der Waals surface area contributed by atoms with Crippen molar-refractivity contribution in [1.29, 1.82) is 0 Å². The number of nitrogens with one attached hydrogen (secondary N) is 1. The molecular formula is C15H13F3N4O3S2. The molecule has 0 unspecified atom stereocenters. The summed E-state index contributed by atoms with van der Waals surface area (Å²) in [4.78, 5) is 0.502. The first kappa shape index (κ1) is 19.3. The van der Waals surface area contributed by atoms with Crippen LogP contribution in [0.15, 0.2) is 53.3 Å². The molecule has 12 heteroatoms. The predicted molar refractivity (Wildman–Crippen MR) is 91.6 cm³/mol. The standard InChI is InChI=1S/C15H13F3N4O3S2/c16-15(17,18)25-12-3-1-2-11(8-12)13-4-5-14(26-13)27(23,24)21-6-7-22-9-19-20-10-22/h1-5,8-10,21H,6-7H2. The molecule has 0 saturated carbocycles. The van der Waals surface area contributed by atoms with Crippen LogP contribution in [-0.4, -0.2) is 36.1 Å². The van der Waals surface area contributed by atoms with E-state index in [9.17, 15) is 21.6 Å². The number of hydrogen-bond acceptors (Lipinski definition) is 6. The minimum absolute atomic E-state index is 0.0587. The van der Waals surface area contributed by atoms with Crippen molar-refractivity contribution < 1.29 is 26.3 Å². The monoisotopic (exact) mass is 418 g/mol. The Morgan fingerprint density at radius 3 is 2.59 bits per heavy atom. The molecule has 2 heterocycles. The van der Waals surface area contributed by atoms with Crippen molar-refractivity contribution in [2.24, 2.45) is 0 Å². The summed E-state index contributed by atoms with van der Waals surface area (Å²) in [7, 11) is -3.74. The molecular weight excluding hydrogens is 405 g/mol. The molecule has 0 amide bonds. The average molecular weight is 418 g/mol. The molecule has 0 saturated heterocycles. The Bertz CT molecular complexity index is 1000. The molecule has 144 valence electrons. The van der Waals surface area contributed by atoms with Gasteiger partial charge in [-0.3, -0.25) is 0 Å². The summed E-state index contributed by atoms with van der Waals surface area (Å²) in [6.45, 7) is 0.504. The van der Waals surface area contributed by atoms with E-state index in [0.29, 0.717) is 17.0 Å². The number of thiophene rings is 1. The molecule has 27 heavy (non-hydrogen) atoms. The summed E-state index contributed by atoms with van der Waals surface area (Å²) in [5, 5.41) is 7.24. The molecule has 0 bridgehead atoms. The SMILES string of the molecule is O=S(=O)(NCCn1cnnc1)c1ccc(-c2cccc(OC(F)(F)F)c2)s1. The molecule has 1 aromatic carbocycles. The number of ether oxygens (including phenoxy) is 1. The van der Waals surface area contributed by atoms with E-state index < -0.39 is 16.4 Å². The molecule has 0 aliphatic heterocycles. The maximum absolute atomic E-state index is 12.3. The third-order valence-corrected chi connectivity index (χ3v) is 6.41. The summed E-state index contributed by atoms with van der Waals surface area (Å²) in [5.41, 5.74) is 0.424. The van der Waals surface area contributed by atoms with E-state index in [2.05, 4.69) is 19.7 Å². The maximum Gasteiger partial charge on any atom is 0.573 e. The number of aromatic nitrogens is 3. The summed E-state index contributed by atoms with van der Waals surface area (Å²) >= 11 is 0.949. The maximum atomic E-state index is 12.3. The lowest BCUT2D eigenvalue weighted by Gasteiger charge is -2.09. The summed E-state index contributed by atoms with van der Waals surface area (Å²) in [6, 6.07) is 8.29. The van der Waals surface area contributed by atoms with Crippen LogP contribution in [0.25, 0.3) is 10.4 Å². The van der Waals surface area contributed by atoms with Crippen molar-refractivity contribution in [2.45, 2.75) is 17.1 Å². The van der Waals surface area contributed by atoms with Gasteiger partial charge in [0.25, 0.3) is 0 Å². The fraction of sp³-hybridized carbons (Fsp3) is 0.200. The predicted octanol–water partition coefficient (Wildman–Crippen LogP) is 2.88. The highest BCUT2D eigenvalue weighted by molar-refractivity contribution is 7.91. The minimum atomic E-state index is -4.79. The molecule has 0 aliphatic rings. The zero-order chi connectivity index (χ0) is 19.5. The quantitative estimate of drug-likeness (QED) is 0.638. The van der Waals surface area contributed by atoms with E-state index in [1.165, 1.54) is 43.0 Å². The molecule has 1 N–H and O–H groups in total. The van der Waals surface area contributed by atoms with E-state index in [1.54, 1.807) is 10.6 Å². The van der Waals surface area contributed by atoms with E-state index in [1.807, 2.05) is 0 Å². The fourth-order valence-corrected chi connectivity index (χ4v) is 4.55. The van der Waals surface area contributed by atoms with Crippen LogP contribution in [-0.2, 0) is 16.6 Å². The van der Waals surface area contributed by atoms with Crippen LogP contribution >= 0.6 is 11.3 Å². The van der Waals surface area contributed by atoms with Gasteiger partial charge in [-0.1, -0.05) is 12.1 Å². The summed E-state index contributed by atoms with van der Waals surface area (Å²) in [5.74, 6) is -0.370. The van der Waals surface area contributed by atoms with Gasteiger partial charge in [-0.05, 0) is 29.8 Å². The second kappa shape index (κ2) is 7.66. The van der Waals surface area contributed by atoms with Gasteiger partial charge in [0.2, 0.25) is 10.0 Å². The first-order chi connectivity index (χ1) is 12.7.